The maximum Gasteiger partial charge on any atom is 0.235 e. The fraction of sp³-hybridized carbons (Fsp3) is 0.733. The Hall–Kier alpha value is -0.990. The van der Waals surface area contributed by atoms with E-state index in [2.05, 4.69) is 30.7 Å². The van der Waals surface area contributed by atoms with Crippen LogP contribution in [-0.4, -0.2) is 9.97 Å². The molecule has 1 aliphatic rings. The van der Waals surface area contributed by atoms with Crippen LogP contribution < -0.4 is 0 Å². The normalized spacial score (nSPS) is 17.1. The van der Waals surface area contributed by atoms with E-state index >= 15 is 0 Å². The van der Waals surface area contributed by atoms with E-state index in [4.69, 9.17) is 0 Å². The third kappa shape index (κ3) is 2.55. The van der Waals surface area contributed by atoms with Gasteiger partial charge in [0, 0.05) is 16.7 Å². The van der Waals surface area contributed by atoms with Gasteiger partial charge in [-0.15, -0.1) is 0 Å². The van der Waals surface area contributed by atoms with Gasteiger partial charge in [-0.2, -0.15) is 4.39 Å². The van der Waals surface area contributed by atoms with Crippen LogP contribution >= 0.6 is 0 Å². The van der Waals surface area contributed by atoms with Gasteiger partial charge in [-0.1, -0.05) is 41.5 Å². The molecule has 100 valence electrons. The fourth-order valence-electron chi connectivity index (χ4n) is 2.10. The van der Waals surface area contributed by atoms with E-state index in [1.54, 1.807) is 0 Å². The van der Waals surface area contributed by atoms with Gasteiger partial charge in [-0.3, -0.25) is 4.98 Å². The molecule has 1 heterocycles. The Morgan fingerprint density at radius 2 is 1.39 bits per heavy atom. The number of halogens is 1. The number of aromatic nitrogens is 2. The molecule has 1 aromatic rings. The van der Waals surface area contributed by atoms with E-state index in [0.29, 0.717) is 11.6 Å². The van der Waals surface area contributed by atoms with Gasteiger partial charge in [0.25, 0.3) is 0 Å². The Kier molecular flexibility index (Phi) is 2.99. The molecule has 1 aliphatic carbocycles. The second-order valence-corrected chi connectivity index (χ2v) is 7.37. The highest BCUT2D eigenvalue weighted by Crippen LogP contribution is 2.43. The topological polar surface area (TPSA) is 25.8 Å². The maximum atomic E-state index is 14.2. The lowest BCUT2D eigenvalue weighted by Crippen LogP contribution is -2.24. The van der Waals surface area contributed by atoms with Gasteiger partial charge in [-0.25, -0.2) is 4.98 Å². The zero-order chi connectivity index (χ0) is 13.7. The Morgan fingerprint density at radius 3 is 1.78 bits per heavy atom. The van der Waals surface area contributed by atoms with Crippen molar-refractivity contribution in [1.29, 1.82) is 0 Å². The summed E-state index contributed by atoms with van der Waals surface area (Å²) < 4.78 is 14.2. The summed E-state index contributed by atoms with van der Waals surface area (Å²) in [5.74, 6) is 0.0882. The van der Waals surface area contributed by atoms with Gasteiger partial charge in [0.15, 0.2) is 0 Å². The van der Waals surface area contributed by atoms with E-state index in [0.717, 1.165) is 24.2 Å². The Balaban J connectivity index is 2.60. The first-order chi connectivity index (χ1) is 8.10. The van der Waals surface area contributed by atoms with Crippen molar-refractivity contribution < 1.29 is 4.39 Å². The molecule has 0 amide bonds. The smallest absolute Gasteiger partial charge is 0.235 e. The van der Waals surface area contributed by atoms with Gasteiger partial charge < -0.3 is 0 Å². The second kappa shape index (κ2) is 4.01. The molecule has 2 rings (SSSR count). The van der Waals surface area contributed by atoms with E-state index in [1.807, 2.05) is 20.8 Å². The summed E-state index contributed by atoms with van der Waals surface area (Å²) >= 11 is 0. The molecule has 0 unspecified atom stereocenters. The summed E-state index contributed by atoms with van der Waals surface area (Å²) in [5.41, 5.74) is 1.90. The third-order valence-electron chi connectivity index (χ3n) is 3.27. The highest BCUT2D eigenvalue weighted by atomic mass is 19.1. The number of rotatable bonds is 1. The van der Waals surface area contributed by atoms with E-state index in [-0.39, 0.29) is 10.8 Å². The standard InChI is InChI=1S/C15H23FN2/c1-14(2,3)11-10(9-7-8-9)17-12(13(16)18-11)15(4,5)6/h9H,7-8H2,1-6H3. The first-order valence-corrected chi connectivity index (χ1v) is 6.69. The monoisotopic (exact) mass is 250 g/mol. The van der Waals surface area contributed by atoms with Crippen molar-refractivity contribution in [3.63, 3.8) is 0 Å². The molecule has 0 saturated heterocycles. The Labute approximate surface area is 109 Å². The van der Waals surface area contributed by atoms with Crippen LogP contribution in [0.5, 0.6) is 0 Å². The number of hydrogen-bond acceptors (Lipinski definition) is 2. The lowest BCUT2D eigenvalue weighted by atomic mass is 9.87. The van der Waals surface area contributed by atoms with Crippen molar-refractivity contribution in [2.75, 3.05) is 0 Å². The molecule has 18 heavy (non-hydrogen) atoms. The lowest BCUT2D eigenvalue weighted by molar-refractivity contribution is 0.451. The number of nitrogens with zero attached hydrogens (tertiary/aromatic N) is 2. The zero-order valence-electron chi connectivity index (χ0n) is 12.3. The van der Waals surface area contributed by atoms with Crippen LogP contribution in [0.15, 0.2) is 0 Å². The minimum absolute atomic E-state index is 0.151. The molecule has 2 nitrogen and oxygen atoms in total. The molecule has 0 atom stereocenters. The SMILES string of the molecule is CC(C)(C)c1nc(C2CC2)c(C(C)(C)C)nc1F. The van der Waals surface area contributed by atoms with Crippen molar-refractivity contribution in [1.82, 2.24) is 9.97 Å². The van der Waals surface area contributed by atoms with Crippen molar-refractivity contribution in [3.8, 4) is 0 Å². The minimum Gasteiger partial charge on any atom is -0.250 e. The van der Waals surface area contributed by atoms with Crippen LogP contribution in [0.2, 0.25) is 0 Å². The predicted octanol–water partition coefficient (Wildman–Crippen LogP) is 4.09. The first-order valence-electron chi connectivity index (χ1n) is 6.69. The molecule has 0 spiro atoms. The summed E-state index contributed by atoms with van der Waals surface area (Å²) in [5, 5.41) is 0. The molecule has 1 aromatic heterocycles. The lowest BCUT2D eigenvalue weighted by Gasteiger charge is -2.25. The molecule has 1 saturated carbocycles. The molecule has 0 bridgehead atoms. The Morgan fingerprint density at radius 1 is 0.889 bits per heavy atom. The fourth-order valence-corrected chi connectivity index (χ4v) is 2.10. The van der Waals surface area contributed by atoms with E-state index < -0.39 is 5.95 Å². The average molecular weight is 250 g/mol. The summed E-state index contributed by atoms with van der Waals surface area (Å²) in [4.78, 5) is 8.88. The van der Waals surface area contributed by atoms with Crippen molar-refractivity contribution in [2.45, 2.75) is 71.1 Å². The molecule has 0 aliphatic heterocycles. The van der Waals surface area contributed by atoms with Crippen LogP contribution in [0.25, 0.3) is 0 Å². The molecular weight excluding hydrogens is 227 g/mol. The average Bonchev–Trinajstić information content (AvgIpc) is 2.97. The van der Waals surface area contributed by atoms with Crippen LogP contribution in [0, 0.1) is 5.95 Å². The van der Waals surface area contributed by atoms with Gasteiger partial charge >= 0.3 is 0 Å². The maximum absolute atomic E-state index is 14.2. The van der Waals surface area contributed by atoms with E-state index in [9.17, 15) is 4.39 Å². The molecular formula is C15H23FN2. The zero-order valence-corrected chi connectivity index (χ0v) is 12.3. The molecule has 1 fully saturated rings. The predicted molar refractivity (Wildman–Crippen MR) is 71.4 cm³/mol. The summed E-state index contributed by atoms with van der Waals surface area (Å²) in [6, 6.07) is 0. The van der Waals surface area contributed by atoms with E-state index in [1.165, 1.54) is 0 Å². The first kappa shape index (κ1) is 13.4. The quantitative estimate of drug-likeness (QED) is 0.750. The highest BCUT2D eigenvalue weighted by molar-refractivity contribution is 5.29. The molecule has 3 heteroatoms. The van der Waals surface area contributed by atoms with Crippen molar-refractivity contribution in [2.24, 2.45) is 0 Å². The Bertz CT molecular complexity index is 463. The van der Waals surface area contributed by atoms with Crippen LogP contribution in [-0.2, 0) is 10.8 Å². The van der Waals surface area contributed by atoms with Gasteiger partial charge in [0.1, 0.15) is 5.69 Å². The summed E-state index contributed by atoms with van der Waals surface area (Å²) in [7, 11) is 0. The minimum atomic E-state index is -0.406. The van der Waals surface area contributed by atoms with Crippen LogP contribution in [0.1, 0.15) is 77.4 Å². The van der Waals surface area contributed by atoms with Gasteiger partial charge in [-0.05, 0) is 12.8 Å². The van der Waals surface area contributed by atoms with Crippen molar-refractivity contribution in [3.05, 3.63) is 23.0 Å². The van der Waals surface area contributed by atoms with Crippen LogP contribution in [0.4, 0.5) is 4.39 Å². The molecule has 0 N–H and O–H groups in total. The molecule has 0 aromatic carbocycles. The molecule has 0 radical (unpaired) electrons. The summed E-state index contributed by atoms with van der Waals surface area (Å²) in [6.45, 7) is 12.1. The largest absolute Gasteiger partial charge is 0.250 e. The highest BCUT2D eigenvalue weighted by Gasteiger charge is 2.35. The van der Waals surface area contributed by atoms with Crippen LogP contribution in [0.3, 0.4) is 0 Å². The third-order valence-corrected chi connectivity index (χ3v) is 3.27. The second-order valence-electron chi connectivity index (χ2n) is 7.37. The number of hydrogen-bond donors (Lipinski definition) is 0. The van der Waals surface area contributed by atoms with Crippen molar-refractivity contribution >= 4 is 0 Å². The summed E-state index contributed by atoms with van der Waals surface area (Å²) in [6.07, 6.45) is 2.32. The van der Waals surface area contributed by atoms with Gasteiger partial charge in [0.05, 0.1) is 11.4 Å². The van der Waals surface area contributed by atoms with Gasteiger partial charge in [0.2, 0.25) is 5.95 Å².